The minimum absolute atomic E-state index is 0.203. The average Bonchev–Trinajstić information content (AvgIpc) is 2.65. The quantitative estimate of drug-likeness (QED) is 0.454. The van der Waals surface area contributed by atoms with E-state index in [4.69, 9.17) is 14.7 Å². The molecule has 4 heterocycles. The van der Waals surface area contributed by atoms with Crippen molar-refractivity contribution in [2.45, 2.75) is 26.7 Å². The van der Waals surface area contributed by atoms with Gasteiger partial charge >= 0.3 is 159 Å². The summed E-state index contributed by atoms with van der Waals surface area (Å²) in [5, 5.41) is 0. The predicted octanol–water partition coefficient (Wildman–Crippen LogP) is 2.86. The van der Waals surface area contributed by atoms with Gasteiger partial charge in [-0.25, -0.2) is 0 Å². The summed E-state index contributed by atoms with van der Waals surface area (Å²) in [7, 11) is 0. The van der Waals surface area contributed by atoms with Crippen molar-refractivity contribution in [3.05, 3.63) is 59.4 Å². The van der Waals surface area contributed by atoms with E-state index in [2.05, 4.69) is 49.1 Å². The van der Waals surface area contributed by atoms with Crippen LogP contribution in [-0.4, -0.2) is 31.5 Å². The maximum absolute atomic E-state index is 6.09. The second-order valence-electron chi connectivity index (χ2n) is 6.82. The molecule has 0 amide bonds. The maximum atomic E-state index is 6.09. The zero-order valence-corrected chi connectivity index (χ0v) is 16.5. The molecule has 0 saturated carbocycles. The Balaban J connectivity index is 1.77. The van der Waals surface area contributed by atoms with Crippen LogP contribution >= 0.6 is 0 Å². The molecular formula is C21H19N3OSe. The molecule has 0 saturated heterocycles. The Bertz CT molecular complexity index is 967. The van der Waals surface area contributed by atoms with Gasteiger partial charge in [0.1, 0.15) is 0 Å². The number of benzene rings is 1. The Morgan fingerprint density at radius 3 is 2.38 bits per heavy atom. The van der Waals surface area contributed by atoms with Gasteiger partial charge in [0.05, 0.1) is 0 Å². The first kappa shape index (κ1) is 15.9. The van der Waals surface area contributed by atoms with Gasteiger partial charge in [-0.15, -0.1) is 0 Å². The second kappa shape index (κ2) is 6.11. The van der Waals surface area contributed by atoms with Gasteiger partial charge in [0.25, 0.3) is 0 Å². The van der Waals surface area contributed by atoms with Crippen LogP contribution in [-0.2, 0) is 6.42 Å². The van der Waals surface area contributed by atoms with Gasteiger partial charge in [-0.1, -0.05) is 0 Å². The van der Waals surface area contributed by atoms with Crippen LogP contribution in [0.1, 0.15) is 23.1 Å². The first-order chi connectivity index (χ1) is 12.7. The molecule has 0 spiro atoms. The van der Waals surface area contributed by atoms with Crippen molar-refractivity contribution in [1.82, 2.24) is 9.97 Å². The number of hydrogen-bond acceptors (Lipinski definition) is 4. The van der Waals surface area contributed by atoms with Crippen LogP contribution < -0.4 is 18.6 Å². The first-order valence-electron chi connectivity index (χ1n) is 8.87. The molecule has 5 rings (SSSR count). The van der Waals surface area contributed by atoms with Gasteiger partial charge < -0.3 is 0 Å². The fourth-order valence-corrected chi connectivity index (χ4v) is 6.06. The number of ether oxygens (including phenoxy) is 1. The van der Waals surface area contributed by atoms with Crippen LogP contribution in [0.4, 0.5) is 17.3 Å². The number of aromatic nitrogens is 2. The molecule has 5 heteroatoms. The average molecular weight is 408 g/mol. The molecule has 0 aliphatic carbocycles. The Kier molecular flexibility index (Phi) is 3.73. The van der Waals surface area contributed by atoms with Crippen LogP contribution in [0.25, 0.3) is 0 Å². The molecule has 26 heavy (non-hydrogen) atoms. The van der Waals surface area contributed by atoms with E-state index in [1.165, 1.54) is 25.6 Å². The molecule has 3 aromatic rings. The first-order valence-corrected chi connectivity index (χ1v) is 10.6. The minimum atomic E-state index is 0.203. The van der Waals surface area contributed by atoms with Crippen molar-refractivity contribution in [1.29, 1.82) is 0 Å². The van der Waals surface area contributed by atoms with Crippen molar-refractivity contribution in [3.8, 4) is 5.75 Å². The molecule has 0 fully saturated rings. The Labute approximate surface area is 159 Å². The number of hydrogen-bond donors (Lipinski definition) is 0. The summed E-state index contributed by atoms with van der Waals surface area (Å²) in [6.07, 6.45) is 6.01. The van der Waals surface area contributed by atoms with Gasteiger partial charge in [0, 0.05) is 0 Å². The van der Waals surface area contributed by atoms with Crippen LogP contribution in [0.5, 0.6) is 5.75 Å². The van der Waals surface area contributed by atoms with Crippen LogP contribution in [0.2, 0.25) is 0 Å². The van der Waals surface area contributed by atoms with Gasteiger partial charge in [0.2, 0.25) is 0 Å². The Morgan fingerprint density at radius 1 is 1.00 bits per heavy atom. The number of pyridine rings is 2. The Hall–Kier alpha value is -2.36. The third-order valence-electron chi connectivity index (χ3n) is 4.74. The third-order valence-corrected chi connectivity index (χ3v) is 6.92. The fourth-order valence-electron chi connectivity index (χ4n) is 3.55. The van der Waals surface area contributed by atoms with E-state index in [0.29, 0.717) is 0 Å². The van der Waals surface area contributed by atoms with Crippen molar-refractivity contribution in [3.63, 3.8) is 0 Å². The molecule has 0 unspecified atom stereocenters. The van der Waals surface area contributed by atoms with Gasteiger partial charge in [-0.05, 0) is 0 Å². The summed E-state index contributed by atoms with van der Waals surface area (Å²) in [6, 6.07) is 10.9. The molecule has 0 radical (unpaired) electrons. The predicted molar refractivity (Wildman–Crippen MR) is 105 cm³/mol. The van der Waals surface area contributed by atoms with Gasteiger partial charge in [-0.3, -0.25) is 0 Å². The van der Waals surface area contributed by atoms with E-state index in [9.17, 15) is 0 Å². The number of anilines is 3. The molecule has 0 N–H and O–H groups in total. The van der Waals surface area contributed by atoms with E-state index in [0.717, 1.165) is 42.5 Å². The van der Waals surface area contributed by atoms with Crippen molar-refractivity contribution in [2.75, 3.05) is 11.5 Å². The molecule has 0 bridgehead atoms. The molecule has 130 valence electrons. The molecule has 2 aromatic heterocycles. The SMILES string of the molecule is Cc1cnc2c(c1)[Se]c1cc(C)cnc1N2c1cccc2c1OCCC2. The van der Waals surface area contributed by atoms with Crippen LogP contribution in [0.3, 0.4) is 0 Å². The van der Waals surface area contributed by atoms with E-state index in [1.807, 2.05) is 12.4 Å². The second-order valence-corrected chi connectivity index (χ2v) is 9.10. The zero-order valence-electron chi connectivity index (χ0n) is 14.8. The summed E-state index contributed by atoms with van der Waals surface area (Å²) in [4.78, 5) is 11.8. The van der Waals surface area contributed by atoms with E-state index in [1.54, 1.807) is 0 Å². The molecule has 1 aromatic carbocycles. The Morgan fingerprint density at radius 2 is 1.69 bits per heavy atom. The van der Waals surface area contributed by atoms with Crippen LogP contribution in [0, 0.1) is 13.8 Å². The molecule has 2 aliphatic rings. The summed E-state index contributed by atoms with van der Waals surface area (Å²) in [6.45, 7) is 4.97. The van der Waals surface area contributed by atoms with Gasteiger partial charge in [0.15, 0.2) is 0 Å². The van der Waals surface area contributed by atoms with E-state index in [-0.39, 0.29) is 15.0 Å². The van der Waals surface area contributed by atoms with Crippen LogP contribution in [0.15, 0.2) is 42.7 Å². The summed E-state index contributed by atoms with van der Waals surface area (Å²) in [5.41, 5.74) is 4.71. The summed E-state index contributed by atoms with van der Waals surface area (Å²) >= 11 is 0.203. The summed E-state index contributed by atoms with van der Waals surface area (Å²) in [5.74, 6) is 2.96. The van der Waals surface area contributed by atoms with Crippen molar-refractivity contribution in [2.24, 2.45) is 0 Å². The van der Waals surface area contributed by atoms with Gasteiger partial charge in [-0.2, -0.15) is 0 Å². The molecule has 0 atom stereocenters. The van der Waals surface area contributed by atoms with Crippen molar-refractivity contribution < 1.29 is 4.74 Å². The third kappa shape index (κ3) is 2.51. The van der Waals surface area contributed by atoms with E-state index >= 15 is 0 Å². The summed E-state index contributed by atoms with van der Waals surface area (Å²) < 4.78 is 8.69. The standard InChI is InChI=1S/C21H19N3OSe/c1-13-9-17-20(22-11-13)24(21-18(26-17)10-14(2)12-23-21)16-7-3-5-15-6-4-8-25-19(15)16/h3,5,7,9-12H,4,6,8H2,1-2H3. The topological polar surface area (TPSA) is 38.2 Å². The molecule has 2 aliphatic heterocycles. The number of rotatable bonds is 1. The monoisotopic (exact) mass is 409 g/mol. The normalized spacial score (nSPS) is 14.9. The molecular weight excluding hydrogens is 389 g/mol. The number of nitrogens with zero attached hydrogens (tertiary/aromatic N) is 3. The number of aryl methyl sites for hydroxylation is 3. The van der Waals surface area contributed by atoms with Crippen molar-refractivity contribution >= 4 is 41.2 Å². The van der Waals surface area contributed by atoms with E-state index < -0.39 is 0 Å². The molecule has 4 nitrogen and oxygen atoms in total. The fraction of sp³-hybridized carbons (Fsp3) is 0.238. The number of fused-ring (bicyclic) bond motifs is 3. The zero-order chi connectivity index (χ0) is 17.7. The number of para-hydroxylation sites is 1.